The van der Waals surface area contributed by atoms with Gasteiger partial charge in [0.15, 0.2) is 0 Å². The molecule has 2 amide bonds. The Kier molecular flexibility index (Phi) is 10.4. The summed E-state index contributed by atoms with van der Waals surface area (Å²) in [6.07, 6.45) is 2.43. The third-order valence-corrected chi connectivity index (χ3v) is 7.16. The number of halogens is 1. The second kappa shape index (κ2) is 12.6. The summed E-state index contributed by atoms with van der Waals surface area (Å²) in [5.41, 5.74) is 2.08. The molecular weight excluding hydrogens is 498 g/mol. The van der Waals surface area contributed by atoms with Crippen LogP contribution in [-0.4, -0.2) is 49.5 Å². The molecule has 7 nitrogen and oxygen atoms in total. The Balaban J connectivity index is 2.17. The minimum atomic E-state index is -3.53. The normalized spacial score (nSPS) is 12.6. The van der Waals surface area contributed by atoms with E-state index in [0.29, 0.717) is 17.1 Å². The van der Waals surface area contributed by atoms with Crippen LogP contribution in [0.4, 0.5) is 5.69 Å². The Morgan fingerprint density at radius 2 is 1.56 bits per heavy atom. The topological polar surface area (TPSA) is 86.8 Å². The third kappa shape index (κ3) is 9.13. The molecule has 2 aromatic carbocycles. The van der Waals surface area contributed by atoms with Gasteiger partial charge in [-0.25, -0.2) is 8.42 Å². The zero-order chi connectivity index (χ0) is 27.1. The number of sulfonamides is 1. The van der Waals surface area contributed by atoms with E-state index in [0.717, 1.165) is 23.8 Å². The molecule has 36 heavy (non-hydrogen) atoms. The van der Waals surface area contributed by atoms with Crippen molar-refractivity contribution in [3.63, 3.8) is 0 Å². The summed E-state index contributed by atoms with van der Waals surface area (Å²) in [7, 11) is -3.53. The number of benzene rings is 2. The molecule has 0 spiro atoms. The van der Waals surface area contributed by atoms with Crippen LogP contribution in [0.5, 0.6) is 0 Å². The van der Waals surface area contributed by atoms with Crippen LogP contribution in [0.25, 0.3) is 0 Å². The largest absolute Gasteiger partial charge is 0.350 e. The maximum atomic E-state index is 13.3. The first-order chi connectivity index (χ1) is 16.7. The lowest BCUT2D eigenvalue weighted by Gasteiger charge is -2.32. The highest BCUT2D eigenvalue weighted by Gasteiger charge is 2.28. The van der Waals surface area contributed by atoms with E-state index >= 15 is 0 Å². The number of amides is 2. The predicted molar refractivity (Wildman–Crippen MR) is 147 cm³/mol. The van der Waals surface area contributed by atoms with Crippen molar-refractivity contribution in [3.8, 4) is 0 Å². The van der Waals surface area contributed by atoms with Crippen molar-refractivity contribution in [2.75, 3.05) is 17.1 Å². The van der Waals surface area contributed by atoms with Gasteiger partial charge in [0, 0.05) is 30.1 Å². The van der Waals surface area contributed by atoms with Crippen molar-refractivity contribution >= 4 is 39.1 Å². The summed E-state index contributed by atoms with van der Waals surface area (Å²) in [5, 5.41) is 3.52. The quantitative estimate of drug-likeness (QED) is 0.448. The van der Waals surface area contributed by atoms with Gasteiger partial charge in [-0.2, -0.15) is 0 Å². The van der Waals surface area contributed by atoms with E-state index in [1.54, 1.807) is 31.2 Å². The first-order valence-electron chi connectivity index (χ1n) is 12.1. The zero-order valence-corrected chi connectivity index (χ0v) is 23.6. The summed E-state index contributed by atoms with van der Waals surface area (Å²) in [6, 6.07) is 13.8. The van der Waals surface area contributed by atoms with Gasteiger partial charge in [-0.05, 0) is 75.9 Å². The van der Waals surface area contributed by atoms with Gasteiger partial charge in [0.1, 0.15) is 6.04 Å². The Morgan fingerprint density at radius 1 is 1.00 bits per heavy atom. The van der Waals surface area contributed by atoms with E-state index in [1.165, 1.54) is 9.21 Å². The molecule has 0 bridgehead atoms. The molecule has 0 saturated heterocycles. The van der Waals surface area contributed by atoms with Gasteiger partial charge in [-0.15, -0.1) is 0 Å². The molecule has 0 aliphatic rings. The molecule has 1 atom stereocenters. The maximum absolute atomic E-state index is 13.3. The average molecular weight is 536 g/mol. The average Bonchev–Trinajstić information content (AvgIpc) is 2.79. The molecule has 9 heteroatoms. The maximum Gasteiger partial charge on any atom is 0.242 e. The molecule has 0 saturated carbocycles. The molecule has 0 heterocycles. The Labute approximate surface area is 220 Å². The zero-order valence-electron chi connectivity index (χ0n) is 22.0. The SMILES string of the molecule is CCc1ccc(N(CCCC(=O)N(Cc2ccc(Cl)cc2)[C@H](C)C(=O)NC(C)(C)C)S(C)(=O)=O)cc1. The molecule has 0 aliphatic carbocycles. The van der Waals surface area contributed by atoms with Crippen molar-refractivity contribution < 1.29 is 18.0 Å². The third-order valence-electron chi connectivity index (χ3n) is 5.72. The van der Waals surface area contributed by atoms with E-state index in [2.05, 4.69) is 5.32 Å². The number of carbonyl (C=O) groups is 2. The lowest BCUT2D eigenvalue weighted by molar-refractivity contribution is -0.141. The number of hydrogen-bond acceptors (Lipinski definition) is 4. The van der Waals surface area contributed by atoms with E-state index in [1.807, 2.05) is 52.0 Å². The van der Waals surface area contributed by atoms with Crippen LogP contribution in [0.3, 0.4) is 0 Å². The van der Waals surface area contributed by atoms with Crippen LogP contribution in [0.15, 0.2) is 48.5 Å². The number of nitrogens with zero attached hydrogens (tertiary/aromatic N) is 2. The molecule has 0 aliphatic heterocycles. The van der Waals surface area contributed by atoms with Crippen molar-refractivity contribution in [2.24, 2.45) is 0 Å². The molecule has 198 valence electrons. The van der Waals surface area contributed by atoms with Crippen LogP contribution in [0.1, 0.15) is 58.6 Å². The fourth-order valence-corrected chi connectivity index (χ4v) is 4.84. The highest BCUT2D eigenvalue weighted by Crippen LogP contribution is 2.20. The molecule has 2 aromatic rings. The molecule has 1 N–H and O–H groups in total. The highest BCUT2D eigenvalue weighted by molar-refractivity contribution is 7.92. The van der Waals surface area contributed by atoms with Crippen molar-refractivity contribution in [1.29, 1.82) is 0 Å². The van der Waals surface area contributed by atoms with Gasteiger partial charge in [0.25, 0.3) is 0 Å². The van der Waals surface area contributed by atoms with Gasteiger partial charge in [0.2, 0.25) is 21.8 Å². The van der Waals surface area contributed by atoms with Gasteiger partial charge in [0.05, 0.1) is 11.9 Å². The van der Waals surface area contributed by atoms with Crippen molar-refractivity contribution in [2.45, 2.75) is 72.0 Å². The summed E-state index contributed by atoms with van der Waals surface area (Å²) in [6.45, 7) is 9.79. The number of rotatable bonds is 11. The smallest absolute Gasteiger partial charge is 0.242 e. The van der Waals surface area contributed by atoms with Crippen LogP contribution in [0, 0.1) is 0 Å². The second-order valence-electron chi connectivity index (χ2n) is 10.0. The number of anilines is 1. The first kappa shape index (κ1) is 29.6. The standard InChI is InChI=1S/C27H38ClN3O4S/c1-7-21-12-16-24(17-13-21)31(36(6,34)35)18-8-9-25(32)30(19-22-10-14-23(28)15-11-22)20(2)26(33)29-27(3,4)5/h10-17,20H,7-9,18-19H2,1-6H3,(H,29,33)/t20-/m1/s1. The van der Waals surface area contributed by atoms with E-state index < -0.39 is 21.6 Å². The van der Waals surface area contributed by atoms with Crippen LogP contribution in [-0.2, 0) is 32.6 Å². The lowest BCUT2D eigenvalue weighted by atomic mass is 10.1. The lowest BCUT2D eigenvalue weighted by Crippen LogP contribution is -2.52. The van der Waals surface area contributed by atoms with Crippen LogP contribution >= 0.6 is 11.6 Å². The predicted octanol–water partition coefficient (Wildman–Crippen LogP) is 4.78. The fourth-order valence-electron chi connectivity index (χ4n) is 3.74. The molecule has 0 aromatic heterocycles. The monoisotopic (exact) mass is 535 g/mol. The minimum Gasteiger partial charge on any atom is -0.350 e. The molecule has 2 rings (SSSR count). The molecular formula is C27H38ClN3O4S. The van der Waals surface area contributed by atoms with Crippen LogP contribution < -0.4 is 9.62 Å². The molecule has 0 radical (unpaired) electrons. The number of hydrogen-bond donors (Lipinski definition) is 1. The first-order valence-corrected chi connectivity index (χ1v) is 14.4. The Morgan fingerprint density at radius 3 is 2.06 bits per heavy atom. The summed E-state index contributed by atoms with van der Waals surface area (Å²) < 4.78 is 26.2. The number of carbonyl (C=O) groups excluding carboxylic acids is 2. The van der Waals surface area contributed by atoms with Gasteiger partial charge in [-0.3, -0.25) is 13.9 Å². The van der Waals surface area contributed by atoms with Gasteiger partial charge >= 0.3 is 0 Å². The Hall–Kier alpha value is -2.58. The summed E-state index contributed by atoms with van der Waals surface area (Å²) in [5.74, 6) is -0.477. The van der Waals surface area contributed by atoms with E-state index in [9.17, 15) is 18.0 Å². The van der Waals surface area contributed by atoms with Crippen LogP contribution in [0.2, 0.25) is 5.02 Å². The highest BCUT2D eigenvalue weighted by atomic mass is 35.5. The number of nitrogens with one attached hydrogen (secondary N) is 1. The minimum absolute atomic E-state index is 0.0970. The molecule has 0 fully saturated rings. The Bertz CT molecular complexity index is 1130. The second-order valence-corrected chi connectivity index (χ2v) is 12.4. The van der Waals surface area contributed by atoms with Crippen molar-refractivity contribution in [3.05, 3.63) is 64.7 Å². The number of aryl methyl sites for hydroxylation is 1. The summed E-state index contributed by atoms with van der Waals surface area (Å²) in [4.78, 5) is 27.7. The molecule has 0 unspecified atom stereocenters. The van der Waals surface area contributed by atoms with Gasteiger partial charge in [-0.1, -0.05) is 42.8 Å². The van der Waals surface area contributed by atoms with E-state index in [4.69, 9.17) is 11.6 Å². The van der Waals surface area contributed by atoms with Gasteiger partial charge < -0.3 is 10.2 Å². The van der Waals surface area contributed by atoms with E-state index in [-0.39, 0.29) is 31.3 Å². The van der Waals surface area contributed by atoms with Crippen molar-refractivity contribution in [1.82, 2.24) is 10.2 Å². The fraction of sp³-hybridized carbons (Fsp3) is 0.481. The summed E-state index contributed by atoms with van der Waals surface area (Å²) >= 11 is 6.00.